The van der Waals surface area contributed by atoms with Crippen LogP contribution in [0.25, 0.3) is 22.6 Å². The van der Waals surface area contributed by atoms with Crippen molar-refractivity contribution in [2.75, 3.05) is 5.73 Å². The zero-order valence-electron chi connectivity index (χ0n) is 9.08. The molecule has 0 unspecified atom stereocenters. The van der Waals surface area contributed by atoms with Crippen LogP contribution in [-0.4, -0.2) is 20.2 Å². The van der Waals surface area contributed by atoms with Crippen LogP contribution in [-0.2, 0) is 0 Å². The molecule has 0 radical (unpaired) electrons. The Hall–Kier alpha value is -2.37. The number of aromatic nitrogens is 4. The number of aryl methyl sites for hydroxylation is 1. The SMILES string of the molecule is Cc1cc2[nH]c(-c3n[nH]cc3N)nc2cc1F. The number of H-pyrrole nitrogens is 2. The minimum atomic E-state index is -0.273. The minimum absolute atomic E-state index is 0.273. The van der Waals surface area contributed by atoms with Gasteiger partial charge in [0.15, 0.2) is 11.5 Å². The van der Waals surface area contributed by atoms with E-state index < -0.39 is 0 Å². The fraction of sp³-hybridized carbons (Fsp3) is 0.0909. The highest BCUT2D eigenvalue weighted by Gasteiger charge is 2.12. The number of rotatable bonds is 1. The molecule has 0 amide bonds. The zero-order chi connectivity index (χ0) is 12.0. The number of halogens is 1. The molecule has 0 atom stereocenters. The number of hydrogen-bond acceptors (Lipinski definition) is 3. The van der Waals surface area contributed by atoms with Gasteiger partial charge < -0.3 is 10.7 Å². The second-order valence-electron chi connectivity index (χ2n) is 3.89. The van der Waals surface area contributed by atoms with Gasteiger partial charge in [0.25, 0.3) is 0 Å². The van der Waals surface area contributed by atoms with E-state index >= 15 is 0 Å². The number of aromatic amines is 2. The van der Waals surface area contributed by atoms with E-state index in [4.69, 9.17) is 5.73 Å². The largest absolute Gasteiger partial charge is 0.396 e. The number of nitrogens with two attached hydrogens (primary N) is 1. The Kier molecular flexibility index (Phi) is 1.91. The molecule has 0 saturated heterocycles. The van der Waals surface area contributed by atoms with E-state index in [1.54, 1.807) is 19.2 Å². The van der Waals surface area contributed by atoms with Crippen LogP contribution in [0.2, 0.25) is 0 Å². The molecule has 0 aliphatic heterocycles. The number of hydrogen-bond donors (Lipinski definition) is 3. The molecule has 0 aliphatic carbocycles. The summed E-state index contributed by atoms with van der Waals surface area (Å²) in [6.45, 7) is 1.71. The van der Waals surface area contributed by atoms with Crippen LogP contribution in [0, 0.1) is 12.7 Å². The van der Waals surface area contributed by atoms with Gasteiger partial charge in [0.05, 0.1) is 16.7 Å². The first-order chi connectivity index (χ1) is 8.15. The Labute approximate surface area is 95.9 Å². The van der Waals surface area contributed by atoms with Crippen LogP contribution >= 0.6 is 0 Å². The van der Waals surface area contributed by atoms with Crippen molar-refractivity contribution >= 4 is 16.7 Å². The van der Waals surface area contributed by atoms with Crippen LogP contribution in [0.3, 0.4) is 0 Å². The number of anilines is 1. The standard InChI is InChI=1S/C11H10FN5/c1-5-2-8-9(3-6(5)12)16-11(15-8)10-7(13)4-14-17-10/h2-4H,13H2,1H3,(H,14,17)(H,15,16). The molecule has 3 rings (SSSR count). The fourth-order valence-corrected chi connectivity index (χ4v) is 1.74. The van der Waals surface area contributed by atoms with E-state index in [9.17, 15) is 4.39 Å². The monoisotopic (exact) mass is 231 g/mol. The average molecular weight is 231 g/mol. The van der Waals surface area contributed by atoms with Gasteiger partial charge in [-0.15, -0.1) is 0 Å². The summed E-state index contributed by atoms with van der Waals surface area (Å²) < 4.78 is 13.4. The lowest BCUT2D eigenvalue weighted by Crippen LogP contribution is -1.87. The summed E-state index contributed by atoms with van der Waals surface area (Å²) >= 11 is 0. The predicted octanol–water partition coefficient (Wildman–Crippen LogP) is 1.98. The summed E-state index contributed by atoms with van der Waals surface area (Å²) in [5, 5.41) is 6.64. The molecule has 0 spiro atoms. The Morgan fingerprint density at radius 2 is 2.18 bits per heavy atom. The van der Waals surface area contributed by atoms with Gasteiger partial charge in [-0.3, -0.25) is 5.10 Å². The van der Waals surface area contributed by atoms with Gasteiger partial charge in [-0.05, 0) is 18.6 Å². The highest BCUT2D eigenvalue weighted by Crippen LogP contribution is 2.24. The van der Waals surface area contributed by atoms with Crippen molar-refractivity contribution in [1.29, 1.82) is 0 Å². The van der Waals surface area contributed by atoms with Crippen LogP contribution in [0.5, 0.6) is 0 Å². The van der Waals surface area contributed by atoms with E-state index in [0.717, 1.165) is 5.52 Å². The first kappa shape index (κ1) is 9.83. The molecule has 86 valence electrons. The van der Waals surface area contributed by atoms with E-state index in [1.165, 1.54) is 6.07 Å². The van der Waals surface area contributed by atoms with Crippen molar-refractivity contribution in [2.45, 2.75) is 6.92 Å². The number of fused-ring (bicyclic) bond motifs is 1. The van der Waals surface area contributed by atoms with Crippen molar-refractivity contribution in [3.8, 4) is 11.5 Å². The highest BCUT2D eigenvalue weighted by molar-refractivity contribution is 5.81. The number of nitrogens with one attached hydrogen (secondary N) is 2. The van der Waals surface area contributed by atoms with Gasteiger partial charge in [-0.25, -0.2) is 9.37 Å². The zero-order valence-corrected chi connectivity index (χ0v) is 9.08. The fourth-order valence-electron chi connectivity index (χ4n) is 1.74. The van der Waals surface area contributed by atoms with Gasteiger partial charge in [-0.1, -0.05) is 0 Å². The summed E-state index contributed by atoms with van der Waals surface area (Å²) in [6.07, 6.45) is 1.58. The maximum Gasteiger partial charge on any atom is 0.161 e. The highest BCUT2D eigenvalue weighted by atomic mass is 19.1. The third-order valence-electron chi connectivity index (χ3n) is 2.66. The Bertz CT molecular complexity index is 658. The normalized spacial score (nSPS) is 11.2. The maximum atomic E-state index is 13.4. The lowest BCUT2D eigenvalue weighted by Gasteiger charge is -1.93. The molecule has 1 aromatic carbocycles. The number of nitrogens with zero attached hydrogens (tertiary/aromatic N) is 2. The molecule has 0 saturated carbocycles. The molecule has 0 bridgehead atoms. The van der Waals surface area contributed by atoms with Crippen molar-refractivity contribution in [3.63, 3.8) is 0 Å². The van der Waals surface area contributed by atoms with Crippen molar-refractivity contribution in [1.82, 2.24) is 20.2 Å². The van der Waals surface area contributed by atoms with Crippen molar-refractivity contribution in [2.24, 2.45) is 0 Å². The molecule has 0 aliphatic rings. The van der Waals surface area contributed by atoms with E-state index in [1.807, 2.05) is 0 Å². The quantitative estimate of drug-likeness (QED) is 0.598. The summed E-state index contributed by atoms with van der Waals surface area (Å²) in [6, 6.07) is 3.11. The molecule has 4 N–H and O–H groups in total. The maximum absolute atomic E-state index is 13.4. The lowest BCUT2D eigenvalue weighted by atomic mass is 10.2. The van der Waals surface area contributed by atoms with E-state index in [0.29, 0.717) is 28.3 Å². The third kappa shape index (κ3) is 1.45. The second-order valence-corrected chi connectivity index (χ2v) is 3.89. The van der Waals surface area contributed by atoms with Gasteiger partial charge in [0.1, 0.15) is 5.82 Å². The molecular weight excluding hydrogens is 221 g/mol. The third-order valence-corrected chi connectivity index (χ3v) is 2.66. The number of nitrogen functional groups attached to an aromatic ring is 1. The molecule has 6 heteroatoms. The molecule has 17 heavy (non-hydrogen) atoms. The van der Waals surface area contributed by atoms with Crippen LogP contribution < -0.4 is 5.73 Å². The van der Waals surface area contributed by atoms with Gasteiger partial charge in [0, 0.05) is 12.3 Å². The van der Waals surface area contributed by atoms with Gasteiger partial charge >= 0.3 is 0 Å². The Balaban J connectivity index is 2.24. The molecule has 2 heterocycles. The Morgan fingerprint density at radius 1 is 1.35 bits per heavy atom. The first-order valence-corrected chi connectivity index (χ1v) is 5.10. The summed E-state index contributed by atoms with van der Waals surface area (Å²) in [5.41, 5.74) is 8.67. The number of imidazole rings is 1. The van der Waals surface area contributed by atoms with Gasteiger partial charge in [0.2, 0.25) is 0 Å². The molecule has 2 aromatic heterocycles. The topological polar surface area (TPSA) is 83.4 Å². The van der Waals surface area contributed by atoms with E-state index in [-0.39, 0.29) is 5.82 Å². The van der Waals surface area contributed by atoms with Crippen LogP contribution in [0.1, 0.15) is 5.56 Å². The van der Waals surface area contributed by atoms with Crippen LogP contribution in [0.15, 0.2) is 18.3 Å². The summed E-state index contributed by atoms with van der Waals surface area (Å²) in [7, 11) is 0. The Morgan fingerprint density at radius 3 is 2.88 bits per heavy atom. The molecule has 0 fully saturated rings. The van der Waals surface area contributed by atoms with Crippen LogP contribution in [0.4, 0.5) is 10.1 Å². The second kappa shape index (κ2) is 3.31. The molecule has 5 nitrogen and oxygen atoms in total. The number of benzene rings is 1. The predicted molar refractivity (Wildman–Crippen MR) is 62.8 cm³/mol. The minimum Gasteiger partial charge on any atom is -0.396 e. The van der Waals surface area contributed by atoms with E-state index in [2.05, 4.69) is 20.2 Å². The summed E-state index contributed by atoms with van der Waals surface area (Å²) in [5.74, 6) is 0.259. The first-order valence-electron chi connectivity index (χ1n) is 5.10. The van der Waals surface area contributed by atoms with Crippen molar-refractivity contribution < 1.29 is 4.39 Å². The van der Waals surface area contributed by atoms with Crippen molar-refractivity contribution in [3.05, 3.63) is 29.7 Å². The average Bonchev–Trinajstić information content (AvgIpc) is 2.85. The smallest absolute Gasteiger partial charge is 0.161 e. The summed E-state index contributed by atoms with van der Waals surface area (Å²) in [4.78, 5) is 7.33. The van der Waals surface area contributed by atoms with Gasteiger partial charge in [-0.2, -0.15) is 5.10 Å². The lowest BCUT2D eigenvalue weighted by molar-refractivity contribution is 0.620. The molecular formula is C11H10FN5. The molecule has 3 aromatic rings.